The lowest BCUT2D eigenvalue weighted by molar-refractivity contribution is -0.317. The Kier molecular flexibility index (Phi) is 9.52. The average Bonchev–Trinajstić information content (AvgIpc) is 3.26. The summed E-state index contributed by atoms with van der Waals surface area (Å²) in [4.78, 5) is 13.5. The Morgan fingerprint density at radius 1 is 1.02 bits per heavy atom. The number of rotatable bonds is 8. The Morgan fingerprint density at radius 2 is 1.69 bits per heavy atom. The van der Waals surface area contributed by atoms with Crippen LogP contribution in [0.5, 0.6) is 0 Å². The van der Waals surface area contributed by atoms with Crippen molar-refractivity contribution in [2.24, 2.45) is 34.5 Å². The molecule has 1 heterocycles. The summed E-state index contributed by atoms with van der Waals surface area (Å²) in [6.45, 7) is 8.48. The lowest BCUT2D eigenvalue weighted by atomic mass is 9.45. The monoisotopic (exact) mass is 642 g/mol. The standard InChI is InChI=1S/C33H54O12/c1-15(2)22(44-29-28(41)27(40)26(39)23(14-34)45-29)12-25(38)32(5,42)24-7-9-33(43)17-10-19(35)18-11-20(36)21(37)13-30(18,3)16(17)6-8-31(24,33)4/h10,15-16,18,20-29,34,36-43H,6-9,11-14H2,1-5H3/t16-,18-,20+,21-,22-,23+,24-,25+,26+,27-,28+,29+,30+,31+,32+,33+/m0/s1. The van der Waals surface area contributed by atoms with Crippen LogP contribution in [0.4, 0.5) is 0 Å². The largest absolute Gasteiger partial charge is 0.394 e. The van der Waals surface area contributed by atoms with Gasteiger partial charge in [0.2, 0.25) is 0 Å². The van der Waals surface area contributed by atoms with E-state index < -0.39 is 95.6 Å². The molecule has 0 spiro atoms. The lowest BCUT2D eigenvalue weighted by Crippen LogP contribution is -2.63. The van der Waals surface area contributed by atoms with Crippen LogP contribution in [0.2, 0.25) is 0 Å². The first-order valence-electron chi connectivity index (χ1n) is 16.5. The first kappa shape index (κ1) is 35.3. The molecule has 9 N–H and O–H groups in total. The number of allylic oxidation sites excluding steroid dienone is 1. The third kappa shape index (κ3) is 5.46. The van der Waals surface area contributed by atoms with Gasteiger partial charge < -0.3 is 55.4 Å². The summed E-state index contributed by atoms with van der Waals surface area (Å²) in [5, 5.41) is 97.4. The Balaban J connectivity index is 1.36. The van der Waals surface area contributed by atoms with Crippen molar-refractivity contribution >= 4 is 5.78 Å². The minimum Gasteiger partial charge on any atom is -0.394 e. The van der Waals surface area contributed by atoms with E-state index in [1.54, 1.807) is 13.0 Å². The number of carbonyl (C=O) groups excluding carboxylic acids is 1. The molecule has 5 rings (SSSR count). The predicted molar refractivity (Wildman–Crippen MR) is 159 cm³/mol. The summed E-state index contributed by atoms with van der Waals surface area (Å²) in [7, 11) is 0. The van der Waals surface area contributed by atoms with Crippen molar-refractivity contribution in [2.75, 3.05) is 6.61 Å². The van der Waals surface area contributed by atoms with Gasteiger partial charge in [0.1, 0.15) is 24.4 Å². The second kappa shape index (κ2) is 12.1. The molecular formula is C33H54O12. The Bertz CT molecular complexity index is 1140. The predicted octanol–water partition coefficient (Wildman–Crippen LogP) is -0.466. The van der Waals surface area contributed by atoms with E-state index in [-0.39, 0.29) is 43.3 Å². The molecule has 4 aliphatic carbocycles. The molecule has 12 nitrogen and oxygen atoms in total. The number of hydrogen-bond donors (Lipinski definition) is 9. The average molecular weight is 643 g/mol. The molecule has 16 atom stereocenters. The molecule has 0 radical (unpaired) electrons. The van der Waals surface area contributed by atoms with E-state index >= 15 is 0 Å². The van der Waals surface area contributed by atoms with Crippen LogP contribution in [0, 0.1) is 34.5 Å². The summed E-state index contributed by atoms with van der Waals surface area (Å²) in [6, 6.07) is 0. The summed E-state index contributed by atoms with van der Waals surface area (Å²) >= 11 is 0. The second-order valence-corrected chi connectivity index (χ2v) is 15.7. The topological polar surface area (TPSA) is 218 Å². The van der Waals surface area contributed by atoms with Gasteiger partial charge in [-0.3, -0.25) is 4.79 Å². The number of carbonyl (C=O) groups is 1. The maximum atomic E-state index is 13.5. The third-order valence-electron chi connectivity index (χ3n) is 12.9. The van der Waals surface area contributed by atoms with Gasteiger partial charge in [0, 0.05) is 17.8 Å². The van der Waals surface area contributed by atoms with Gasteiger partial charge in [-0.15, -0.1) is 0 Å². The van der Waals surface area contributed by atoms with E-state index in [2.05, 4.69) is 0 Å². The Morgan fingerprint density at radius 3 is 2.31 bits per heavy atom. The zero-order valence-electron chi connectivity index (χ0n) is 27.0. The minimum absolute atomic E-state index is 0.0749. The highest BCUT2D eigenvalue weighted by atomic mass is 16.7. The molecular weight excluding hydrogens is 588 g/mol. The fourth-order valence-electron chi connectivity index (χ4n) is 9.84. The van der Waals surface area contributed by atoms with E-state index in [0.717, 1.165) is 0 Å². The van der Waals surface area contributed by atoms with Crippen LogP contribution in [-0.4, -0.2) is 125 Å². The van der Waals surface area contributed by atoms with Gasteiger partial charge in [-0.25, -0.2) is 0 Å². The van der Waals surface area contributed by atoms with Gasteiger partial charge in [-0.1, -0.05) is 27.7 Å². The van der Waals surface area contributed by atoms with Crippen LogP contribution in [0.25, 0.3) is 0 Å². The quantitative estimate of drug-likeness (QED) is 0.164. The van der Waals surface area contributed by atoms with Crippen LogP contribution in [0.3, 0.4) is 0 Å². The Labute approximate surface area is 264 Å². The molecule has 4 fully saturated rings. The summed E-state index contributed by atoms with van der Waals surface area (Å²) in [5.74, 6) is -1.58. The molecule has 5 aliphatic rings. The molecule has 12 heteroatoms. The number of ether oxygens (including phenoxy) is 2. The van der Waals surface area contributed by atoms with Gasteiger partial charge >= 0.3 is 0 Å². The molecule has 258 valence electrons. The van der Waals surface area contributed by atoms with Crippen LogP contribution in [0.1, 0.15) is 79.6 Å². The van der Waals surface area contributed by atoms with Crippen molar-refractivity contribution in [1.82, 2.24) is 0 Å². The van der Waals surface area contributed by atoms with E-state index in [9.17, 15) is 50.8 Å². The maximum Gasteiger partial charge on any atom is 0.186 e. The first-order valence-corrected chi connectivity index (χ1v) is 16.5. The molecule has 0 aromatic heterocycles. The summed E-state index contributed by atoms with van der Waals surface area (Å²) < 4.78 is 11.5. The summed E-state index contributed by atoms with van der Waals surface area (Å²) in [6.07, 6.45) is -7.62. The molecule has 1 aliphatic heterocycles. The number of aliphatic hydroxyl groups excluding tert-OH is 7. The van der Waals surface area contributed by atoms with Crippen LogP contribution in [-0.2, 0) is 14.3 Å². The summed E-state index contributed by atoms with van der Waals surface area (Å²) in [5.41, 5.74) is -4.00. The number of aliphatic hydroxyl groups is 9. The van der Waals surface area contributed by atoms with Crippen molar-refractivity contribution in [3.05, 3.63) is 11.6 Å². The van der Waals surface area contributed by atoms with Gasteiger partial charge in [0.05, 0.1) is 42.2 Å². The molecule has 1 saturated heterocycles. The second-order valence-electron chi connectivity index (χ2n) is 15.7. The van der Waals surface area contributed by atoms with Crippen LogP contribution >= 0.6 is 0 Å². The van der Waals surface area contributed by atoms with Crippen LogP contribution < -0.4 is 0 Å². The van der Waals surface area contributed by atoms with Crippen molar-refractivity contribution in [3.63, 3.8) is 0 Å². The minimum atomic E-state index is -1.70. The number of ketones is 1. The van der Waals surface area contributed by atoms with Gasteiger partial charge in [0.25, 0.3) is 0 Å². The van der Waals surface area contributed by atoms with Crippen molar-refractivity contribution in [3.8, 4) is 0 Å². The molecule has 3 saturated carbocycles. The first-order chi connectivity index (χ1) is 20.8. The molecule has 0 aromatic rings. The van der Waals surface area contributed by atoms with Crippen molar-refractivity contribution in [2.45, 2.75) is 146 Å². The van der Waals surface area contributed by atoms with Gasteiger partial charge in [0.15, 0.2) is 12.1 Å². The molecule has 0 bridgehead atoms. The zero-order chi connectivity index (χ0) is 33.4. The highest BCUT2D eigenvalue weighted by Gasteiger charge is 2.69. The maximum absolute atomic E-state index is 13.5. The van der Waals surface area contributed by atoms with E-state index in [4.69, 9.17) is 9.47 Å². The highest BCUT2D eigenvalue weighted by Crippen LogP contribution is 2.68. The Hall–Kier alpha value is -1.03. The van der Waals surface area contributed by atoms with Crippen LogP contribution in [0.15, 0.2) is 11.6 Å². The molecule has 0 amide bonds. The fourth-order valence-corrected chi connectivity index (χ4v) is 9.84. The van der Waals surface area contributed by atoms with Crippen molar-refractivity contribution < 1.29 is 60.2 Å². The van der Waals surface area contributed by atoms with Gasteiger partial charge in [-0.05, 0) is 80.3 Å². The lowest BCUT2D eigenvalue weighted by Gasteiger charge is -2.60. The molecule has 45 heavy (non-hydrogen) atoms. The fraction of sp³-hybridized carbons (Fsp3) is 0.909. The van der Waals surface area contributed by atoms with Gasteiger partial charge in [-0.2, -0.15) is 0 Å². The van der Waals surface area contributed by atoms with E-state index in [1.165, 1.54) is 0 Å². The van der Waals surface area contributed by atoms with E-state index in [0.29, 0.717) is 24.8 Å². The SMILES string of the molecule is CC(C)[C@H](C[C@@H](O)[C@](C)(O)[C@H]1CC[C@@]2(O)C3=CC(=O)[C@@H]4C[C@@H](O)[C@@H](O)C[C@]4(C)[C@H]3CC[C@]12C)O[C@@H]1O[C@H](CO)[C@@H](O)[C@H](O)[C@H]1O. The van der Waals surface area contributed by atoms with Crippen molar-refractivity contribution in [1.29, 1.82) is 0 Å². The number of fused-ring (bicyclic) bond motifs is 5. The molecule has 0 unspecified atom stereocenters. The normalized spacial score (nSPS) is 49.4. The highest BCUT2D eigenvalue weighted by molar-refractivity contribution is 5.95. The molecule has 0 aromatic carbocycles. The third-order valence-corrected chi connectivity index (χ3v) is 12.9. The van der Waals surface area contributed by atoms with E-state index in [1.807, 2.05) is 27.7 Å². The smallest absolute Gasteiger partial charge is 0.186 e. The zero-order valence-corrected chi connectivity index (χ0v) is 27.0. The number of hydrogen-bond acceptors (Lipinski definition) is 12.